The highest BCUT2D eigenvalue weighted by Crippen LogP contribution is 2.36. The molecule has 2 aromatic rings. The maximum absolute atomic E-state index is 12.6. The van der Waals surface area contributed by atoms with E-state index in [0.717, 1.165) is 43.4 Å². The summed E-state index contributed by atoms with van der Waals surface area (Å²) in [6, 6.07) is 18.6. The largest absolute Gasteiger partial charge is 0.489 e. The fraction of sp³-hybridized carbons (Fsp3) is 0.581. The Morgan fingerprint density at radius 3 is 2.29 bits per heavy atom. The van der Waals surface area contributed by atoms with Crippen LogP contribution in [0.1, 0.15) is 114 Å². The second kappa shape index (κ2) is 15.6. The van der Waals surface area contributed by atoms with E-state index in [4.69, 9.17) is 9.47 Å². The number of ether oxygens (including phenoxy) is 2. The molecule has 1 fully saturated rings. The number of esters is 1. The first-order valence-electron chi connectivity index (χ1n) is 13.7. The van der Waals surface area contributed by atoms with Gasteiger partial charge in [0.25, 0.3) is 0 Å². The number of hydrogen-bond donors (Lipinski definition) is 0. The Bertz CT molecular complexity index is 816. The van der Waals surface area contributed by atoms with Gasteiger partial charge in [0.05, 0.1) is 0 Å². The molecule has 0 radical (unpaired) electrons. The third-order valence-electron chi connectivity index (χ3n) is 7.00. The number of hydrogen-bond acceptors (Lipinski definition) is 3. The Labute approximate surface area is 207 Å². The van der Waals surface area contributed by atoms with Crippen molar-refractivity contribution in [1.29, 1.82) is 0 Å². The summed E-state index contributed by atoms with van der Waals surface area (Å²) in [4.78, 5) is 12.6. The van der Waals surface area contributed by atoms with Crippen LogP contribution in [-0.4, -0.2) is 12.1 Å². The third-order valence-corrected chi connectivity index (χ3v) is 7.00. The van der Waals surface area contributed by atoms with Crippen LogP contribution < -0.4 is 4.74 Å². The fourth-order valence-corrected chi connectivity index (χ4v) is 5.00. The summed E-state index contributed by atoms with van der Waals surface area (Å²) < 4.78 is 12.1. The van der Waals surface area contributed by atoms with E-state index in [1.807, 2.05) is 24.3 Å². The number of benzene rings is 2. The van der Waals surface area contributed by atoms with Crippen LogP contribution in [0.3, 0.4) is 0 Å². The highest BCUT2D eigenvalue weighted by atomic mass is 16.5. The molecular formula is C31H44O3. The summed E-state index contributed by atoms with van der Waals surface area (Å²) in [7, 11) is 0. The molecule has 3 rings (SSSR count). The maximum Gasteiger partial charge on any atom is 0.306 e. The lowest BCUT2D eigenvalue weighted by atomic mass is 9.81. The van der Waals surface area contributed by atoms with Gasteiger partial charge in [-0.2, -0.15) is 0 Å². The molecule has 34 heavy (non-hydrogen) atoms. The van der Waals surface area contributed by atoms with Crippen LogP contribution in [0.4, 0.5) is 0 Å². The van der Waals surface area contributed by atoms with E-state index < -0.39 is 0 Å². The van der Waals surface area contributed by atoms with Crippen LogP contribution in [0.2, 0.25) is 0 Å². The summed E-state index contributed by atoms with van der Waals surface area (Å²) >= 11 is 0. The van der Waals surface area contributed by atoms with Crippen molar-refractivity contribution in [1.82, 2.24) is 0 Å². The average molecular weight is 465 g/mol. The van der Waals surface area contributed by atoms with Crippen molar-refractivity contribution >= 4 is 5.97 Å². The summed E-state index contributed by atoms with van der Waals surface area (Å²) in [6.07, 6.45) is 16.2. The van der Waals surface area contributed by atoms with Crippen molar-refractivity contribution in [2.45, 2.75) is 115 Å². The van der Waals surface area contributed by atoms with Gasteiger partial charge in [0.2, 0.25) is 0 Å². The molecular weight excluding hydrogens is 420 g/mol. The Balaban J connectivity index is 1.42. The number of carbonyl (C=O) groups is 1. The molecule has 0 spiro atoms. The maximum atomic E-state index is 12.6. The molecule has 0 unspecified atom stereocenters. The molecule has 2 aromatic carbocycles. The molecule has 1 aliphatic carbocycles. The van der Waals surface area contributed by atoms with E-state index in [0.29, 0.717) is 13.0 Å². The van der Waals surface area contributed by atoms with Gasteiger partial charge in [-0.1, -0.05) is 107 Å². The normalized spacial score (nSPS) is 17.9. The molecule has 0 bridgehead atoms. The van der Waals surface area contributed by atoms with Crippen molar-refractivity contribution in [3.63, 3.8) is 0 Å². The van der Waals surface area contributed by atoms with Gasteiger partial charge in [-0.3, -0.25) is 4.79 Å². The minimum absolute atomic E-state index is 0.0100. The van der Waals surface area contributed by atoms with Gasteiger partial charge in [0, 0.05) is 12.3 Å². The molecule has 0 aromatic heterocycles. The molecule has 0 aliphatic heterocycles. The lowest BCUT2D eigenvalue weighted by Crippen LogP contribution is -2.28. The average Bonchev–Trinajstić information content (AvgIpc) is 2.87. The molecule has 0 amide bonds. The molecule has 186 valence electrons. The molecule has 3 nitrogen and oxygen atoms in total. The van der Waals surface area contributed by atoms with Crippen LogP contribution in [0.5, 0.6) is 5.75 Å². The molecule has 0 saturated heterocycles. The van der Waals surface area contributed by atoms with Gasteiger partial charge in [-0.05, 0) is 48.9 Å². The van der Waals surface area contributed by atoms with Gasteiger partial charge in [-0.25, -0.2) is 0 Å². The fourth-order valence-electron chi connectivity index (χ4n) is 5.00. The highest BCUT2D eigenvalue weighted by Gasteiger charge is 2.29. The summed E-state index contributed by atoms with van der Waals surface area (Å²) in [5, 5.41) is 0. The Kier molecular flexibility index (Phi) is 12.1. The van der Waals surface area contributed by atoms with E-state index >= 15 is 0 Å². The standard InChI is InChI=1S/C31H44O3/c1-2-3-4-5-6-7-8-9-13-23-31(32)34-30-22-15-14-21-29(30)27-19-16-20-28(24-27)33-25-26-17-11-10-12-18-26/h10-12,16-20,24,29-30H,2-9,13-15,21-23,25H2,1H3/t29-,30+/m0/s1. The monoisotopic (exact) mass is 464 g/mol. The van der Waals surface area contributed by atoms with Gasteiger partial charge in [-0.15, -0.1) is 0 Å². The van der Waals surface area contributed by atoms with Crippen LogP contribution in [-0.2, 0) is 16.1 Å². The quantitative estimate of drug-likeness (QED) is 0.195. The summed E-state index contributed by atoms with van der Waals surface area (Å²) in [5.41, 5.74) is 2.39. The van der Waals surface area contributed by atoms with Crippen LogP contribution in [0.25, 0.3) is 0 Å². The van der Waals surface area contributed by atoms with E-state index in [1.54, 1.807) is 0 Å². The van der Waals surface area contributed by atoms with Crippen molar-refractivity contribution in [3.05, 3.63) is 65.7 Å². The Hall–Kier alpha value is -2.29. The zero-order chi connectivity index (χ0) is 23.8. The first-order chi connectivity index (χ1) is 16.8. The molecule has 0 N–H and O–H groups in total. The lowest BCUT2D eigenvalue weighted by molar-refractivity contribution is -0.151. The lowest BCUT2D eigenvalue weighted by Gasteiger charge is -2.31. The first kappa shape index (κ1) is 26.3. The van der Waals surface area contributed by atoms with Crippen molar-refractivity contribution in [2.75, 3.05) is 0 Å². The topological polar surface area (TPSA) is 35.5 Å². The summed E-state index contributed by atoms with van der Waals surface area (Å²) in [5.74, 6) is 1.13. The van der Waals surface area contributed by atoms with Crippen molar-refractivity contribution < 1.29 is 14.3 Å². The predicted molar refractivity (Wildman–Crippen MR) is 140 cm³/mol. The van der Waals surface area contributed by atoms with Crippen molar-refractivity contribution in [2.24, 2.45) is 0 Å². The molecule has 0 heterocycles. The highest BCUT2D eigenvalue weighted by molar-refractivity contribution is 5.69. The molecule has 1 saturated carbocycles. The second-order valence-corrected chi connectivity index (χ2v) is 9.84. The van der Waals surface area contributed by atoms with Gasteiger partial charge in [0.1, 0.15) is 18.5 Å². The third kappa shape index (κ3) is 9.52. The van der Waals surface area contributed by atoms with E-state index in [2.05, 4.69) is 37.3 Å². The van der Waals surface area contributed by atoms with Crippen LogP contribution in [0.15, 0.2) is 54.6 Å². The van der Waals surface area contributed by atoms with E-state index in [1.165, 1.54) is 56.9 Å². The predicted octanol–water partition coefficient (Wildman–Crippen LogP) is 8.76. The van der Waals surface area contributed by atoms with E-state index in [9.17, 15) is 4.79 Å². The van der Waals surface area contributed by atoms with Crippen LogP contribution in [0, 0.1) is 0 Å². The zero-order valence-corrected chi connectivity index (χ0v) is 21.2. The zero-order valence-electron chi connectivity index (χ0n) is 21.2. The molecule has 2 atom stereocenters. The van der Waals surface area contributed by atoms with Gasteiger partial charge < -0.3 is 9.47 Å². The van der Waals surface area contributed by atoms with Crippen molar-refractivity contribution in [3.8, 4) is 5.75 Å². The summed E-state index contributed by atoms with van der Waals surface area (Å²) in [6.45, 7) is 2.82. The first-order valence-corrected chi connectivity index (χ1v) is 13.7. The second-order valence-electron chi connectivity index (χ2n) is 9.84. The van der Waals surface area contributed by atoms with E-state index in [-0.39, 0.29) is 18.0 Å². The Morgan fingerprint density at radius 1 is 0.824 bits per heavy atom. The minimum atomic E-state index is -0.0173. The smallest absolute Gasteiger partial charge is 0.306 e. The molecule has 1 aliphatic rings. The van der Waals surface area contributed by atoms with Crippen LogP contribution >= 0.6 is 0 Å². The molecule has 3 heteroatoms. The Morgan fingerprint density at radius 2 is 1.53 bits per heavy atom. The number of unbranched alkanes of at least 4 members (excludes halogenated alkanes) is 8. The minimum Gasteiger partial charge on any atom is -0.489 e. The number of carbonyl (C=O) groups excluding carboxylic acids is 1. The van der Waals surface area contributed by atoms with Gasteiger partial charge in [0.15, 0.2) is 0 Å². The number of rotatable bonds is 15. The SMILES string of the molecule is CCCCCCCCCCCC(=O)O[C@@H]1CCCC[C@H]1c1cccc(OCc2ccccc2)c1. The van der Waals surface area contributed by atoms with Gasteiger partial charge >= 0.3 is 5.97 Å².